The van der Waals surface area contributed by atoms with E-state index < -0.39 is 5.54 Å². The van der Waals surface area contributed by atoms with Gasteiger partial charge in [-0.05, 0) is 33.2 Å². The lowest BCUT2D eigenvalue weighted by Gasteiger charge is -2.28. The topological polar surface area (TPSA) is 64.3 Å². The number of ether oxygens (including phenoxy) is 1. The third kappa shape index (κ3) is 8.22. The Balaban J connectivity index is 3.99. The van der Waals surface area contributed by atoms with Crippen LogP contribution >= 0.6 is 0 Å². The van der Waals surface area contributed by atoms with Gasteiger partial charge in [0.05, 0.1) is 12.7 Å². The summed E-state index contributed by atoms with van der Waals surface area (Å²) in [5, 5.41) is 3.18. The van der Waals surface area contributed by atoms with E-state index in [1.54, 1.807) is 0 Å². The van der Waals surface area contributed by atoms with Gasteiger partial charge in [0, 0.05) is 0 Å². The van der Waals surface area contributed by atoms with Crippen LogP contribution in [0.4, 0.5) is 0 Å². The Kier molecular flexibility index (Phi) is 9.88. The van der Waals surface area contributed by atoms with Crippen molar-refractivity contribution >= 4 is 5.91 Å². The van der Waals surface area contributed by atoms with Crippen LogP contribution in [0.2, 0.25) is 0 Å². The molecule has 0 aromatic heterocycles. The minimum Gasteiger partial charge on any atom is -0.376 e. The minimum atomic E-state index is -0.756. The van der Waals surface area contributed by atoms with Gasteiger partial charge in [-0.25, -0.2) is 0 Å². The number of carbonyl (C=O) groups is 1. The quantitative estimate of drug-likeness (QED) is 0.537. The van der Waals surface area contributed by atoms with Gasteiger partial charge in [0.2, 0.25) is 5.91 Å². The Morgan fingerprint density at radius 1 is 1.26 bits per heavy atom. The van der Waals surface area contributed by atoms with Crippen LogP contribution in [-0.2, 0) is 9.53 Å². The van der Waals surface area contributed by atoms with E-state index in [0.717, 1.165) is 19.4 Å². The fourth-order valence-electron chi connectivity index (χ4n) is 1.86. The molecular weight excluding hydrogens is 240 g/mol. The maximum absolute atomic E-state index is 11.5. The number of carbonyl (C=O) groups excluding carboxylic acids is 1. The highest BCUT2D eigenvalue weighted by Crippen LogP contribution is 2.11. The highest BCUT2D eigenvalue weighted by molar-refractivity contribution is 5.84. The van der Waals surface area contributed by atoms with E-state index >= 15 is 0 Å². The molecule has 0 saturated carbocycles. The summed E-state index contributed by atoms with van der Waals surface area (Å²) in [6.07, 6.45) is 7.16. The highest BCUT2D eigenvalue weighted by atomic mass is 16.5. The second-order valence-corrected chi connectivity index (χ2v) is 5.59. The maximum Gasteiger partial charge on any atom is 0.239 e. The van der Waals surface area contributed by atoms with Crippen LogP contribution in [-0.4, -0.2) is 30.7 Å². The Morgan fingerprint density at radius 3 is 2.47 bits per heavy atom. The number of nitrogens with two attached hydrogens (primary N) is 1. The molecular formula is C15H32N2O2. The van der Waals surface area contributed by atoms with Gasteiger partial charge in [-0.15, -0.1) is 0 Å². The van der Waals surface area contributed by atoms with Crippen molar-refractivity contribution in [1.29, 1.82) is 0 Å². The van der Waals surface area contributed by atoms with Gasteiger partial charge in [-0.3, -0.25) is 4.79 Å². The molecule has 0 aliphatic heterocycles. The van der Waals surface area contributed by atoms with Crippen LogP contribution in [0.1, 0.15) is 66.2 Å². The van der Waals surface area contributed by atoms with E-state index in [2.05, 4.69) is 26.1 Å². The molecule has 3 N–H and O–H groups in total. The monoisotopic (exact) mass is 272 g/mol. The van der Waals surface area contributed by atoms with E-state index in [1.807, 2.05) is 6.92 Å². The molecule has 4 heteroatoms. The van der Waals surface area contributed by atoms with Gasteiger partial charge in [0.1, 0.15) is 5.54 Å². The second kappa shape index (κ2) is 10.2. The molecule has 2 unspecified atom stereocenters. The maximum atomic E-state index is 11.5. The summed E-state index contributed by atoms with van der Waals surface area (Å²) in [6.45, 7) is 9.26. The van der Waals surface area contributed by atoms with Crippen LogP contribution in [0.5, 0.6) is 0 Å². The van der Waals surface area contributed by atoms with Crippen molar-refractivity contribution in [3.05, 3.63) is 0 Å². The van der Waals surface area contributed by atoms with Crippen LogP contribution in [0.25, 0.3) is 0 Å². The van der Waals surface area contributed by atoms with Crippen molar-refractivity contribution in [3.8, 4) is 0 Å². The van der Waals surface area contributed by atoms with E-state index in [0.29, 0.717) is 6.61 Å². The van der Waals surface area contributed by atoms with Crippen molar-refractivity contribution in [2.24, 2.45) is 5.73 Å². The fraction of sp³-hybridized carbons (Fsp3) is 0.933. The molecule has 0 aliphatic rings. The normalized spacial score (nSPS) is 16.0. The van der Waals surface area contributed by atoms with Crippen LogP contribution < -0.4 is 11.1 Å². The molecule has 0 heterocycles. The summed E-state index contributed by atoms with van der Waals surface area (Å²) in [7, 11) is 0. The van der Waals surface area contributed by atoms with Crippen LogP contribution in [0, 0.1) is 0 Å². The third-order valence-corrected chi connectivity index (χ3v) is 3.43. The van der Waals surface area contributed by atoms with Gasteiger partial charge in [0.25, 0.3) is 0 Å². The van der Waals surface area contributed by atoms with Gasteiger partial charge in [-0.2, -0.15) is 0 Å². The van der Waals surface area contributed by atoms with Crippen molar-refractivity contribution in [1.82, 2.24) is 5.32 Å². The number of hydrogen-bond donors (Lipinski definition) is 2. The number of nitrogens with one attached hydrogen (secondary N) is 1. The molecule has 0 aromatic rings. The molecule has 1 amide bonds. The molecule has 0 aromatic carbocycles. The smallest absolute Gasteiger partial charge is 0.239 e. The van der Waals surface area contributed by atoms with Crippen LogP contribution in [0.15, 0.2) is 0 Å². The predicted molar refractivity (Wildman–Crippen MR) is 80.1 cm³/mol. The standard InChI is InChI=1S/C15H32N2O2/c1-5-7-8-9-10-13(3)19-12-15(4,14(16)18)17-11-6-2/h13,17H,5-12H2,1-4H3,(H2,16,18). The predicted octanol–water partition coefficient (Wildman–Crippen LogP) is 2.61. The Hall–Kier alpha value is -0.610. The van der Waals surface area contributed by atoms with Crippen molar-refractivity contribution in [2.45, 2.75) is 77.9 Å². The van der Waals surface area contributed by atoms with Crippen molar-refractivity contribution in [3.63, 3.8) is 0 Å². The number of primary amides is 1. The van der Waals surface area contributed by atoms with Gasteiger partial charge in [-0.1, -0.05) is 39.5 Å². The third-order valence-electron chi connectivity index (χ3n) is 3.43. The van der Waals surface area contributed by atoms with Crippen LogP contribution in [0.3, 0.4) is 0 Å². The Morgan fingerprint density at radius 2 is 1.95 bits per heavy atom. The zero-order valence-electron chi connectivity index (χ0n) is 13.1. The first kappa shape index (κ1) is 18.4. The summed E-state index contributed by atoms with van der Waals surface area (Å²) < 4.78 is 5.78. The number of hydrogen-bond acceptors (Lipinski definition) is 3. The first-order chi connectivity index (χ1) is 8.96. The molecule has 19 heavy (non-hydrogen) atoms. The second-order valence-electron chi connectivity index (χ2n) is 5.59. The molecule has 0 spiro atoms. The summed E-state index contributed by atoms with van der Waals surface area (Å²) in [6, 6.07) is 0. The summed E-state index contributed by atoms with van der Waals surface area (Å²) >= 11 is 0. The molecule has 0 radical (unpaired) electrons. The summed E-state index contributed by atoms with van der Waals surface area (Å²) in [5.74, 6) is -0.348. The van der Waals surface area contributed by atoms with Gasteiger partial charge < -0.3 is 15.8 Å². The zero-order valence-corrected chi connectivity index (χ0v) is 13.1. The average Bonchev–Trinajstić information content (AvgIpc) is 2.38. The molecule has 0 rings (SSSR count). The van der Waals surface area contributed by atoms with Crippen molar-refractivity contribution < 1.29 is 9.53 Å². The Labute approximate surface area is 118 Å². The fourth-order valence-corrected chi connectivity index (χ4v) is 1.86. The van der Waals surface area contributed by atoms with Gasteiger partial charge in [0.15, 0.2) is 0 Å². The molecule has 4 nitrogen and oxygen atoms in total. The van der Waals surface area contributed by atoms with E-state index in [4.69, 9.17) is 10.5 Å². The molecule has 0 fully saturated rings. The van der Waals surface area contributed by atoms with E-state index in [-0.39, 0.29) is 12.0 Å². The van der Waals surface area contributed by atoms with E-state index in [9.17, 15) is 4.79 Å². The van der Waals surface area contributed by atoms with Crippen molar-refractivity contribution in [2.75, 3.05) is 13.2 Å². The molecule has 0 bridgehead atoms. The SMILES string of the molecule is CCCCCCC(C)OCC(C)(NCCC)C(N)=O. The Bertz CT molecular complexity index is 246. The first-order valence-electron chi connectivity index (χ1n) is 7.62. The number of rotatable bonds is 12. The van der Waals surface area contributed by atoms with Gasteiger partial charge >= 0.3 is 0 Å². The first-order valence-corrected chi connectivity index (χ1v) is 7.62. The minimum absolute atomic E-state index is 0.180. The zero-order chi connectivity index (χ0) is 14.7. The summed E-state index contributed by atoms with van der Waals surface area (Å²) in [5.41, 5.74) is 4.70. The molecule has 0 aliphatic carbocycles. The average molecular weight is 272 g/mol. The lowest BCUT2D eigenvalue weighted by atomic mass is 10.0. The van der Waals surface area contributed by atoms with E-state index in [1.165, 1.54) is 25.7 Å². The molecule has 2 atom stereocenters. The molecule has 0 saturated heterocycles. The highest BCUT2D eigenvalue weighted by Gasteiger charge is 2.31. The summed E-state index contributed by atoms with van der Waals surface area (Å²) in [4.78, 5) is 11.5. The number of unbranched alkanes of at least 4 members (excludes halogenated alkanes) is 3. The number of amides is 1. The lowest BCUT2D eigenvalue weighted by molar-refractivity contribution is -0.127. The largest absolute Gasteiger partial charge is 0.376 e. The lowest BCUT2D eigenvalue weighted by Crippen LogP contribution is -2.56. The molecule has 114 valence electrons.